The molecule has 0 bridgehead atoms. The van der Waals surface area contributed by atoms with Crippen LogP contribution in [-0.2, 0) is 29.4 Å². The van der Waals surface area contributed by atoms with Gasteiger partial charge in [-0.05, 0) is 75.8 Å². The third-order valence-corrected chi connectivity index (χ3v) is 7.58. The molecule has 11 heteroatoms. The van der Waals surface area contributed by atoms with Crippen LogP contribution in [0.3, 0.4) is 0 Å². The van der Waals surface area contributed by atoms with Crippen molar-refractivity contribution in [3.63, 3.8) is 0 Å². The van der Waals surface area contributed by atoms with E-state index < -0.39 is 28.9 Å². The van der Waals surface area contributed by atoms with Gasteiger partial charge in [0.15, 0.2) is 0 Å². The van der Waals surface area contributed by atoms with Crippen LogP contribution >= 0.6 is 0 Å². The van der Waals surface area contributed by atoms with Crippen molar-refractivity contribution in [1.29, 1.82) is 0 Å². The Labute approximate surface area is 254 Å². The molecule has 4 rings (SSSR count). The predicted molar refractivity (Wildman–Crippen MR) is 160 cm³/mol. The van der Waals surface area contributed by atoms with Crippen LogP contribution in [0.25, 0.3) is 11.0 Å². The molecular weight excluding hydrogens is 577 g/mol. The lowest BCUT2D eigenvalue weighted by Gasteiger charge is -2.23. The van der Waals surface area contributed by atoms with Crippen molar-refractivity contribution in [1.82, 2.24) is 10.2 Å². The van der Waals surface area contributed by atoms with Crippen molar-refractivity contribution < 1.29 is 36.7 Å². The van der Waals surface area contributed by atoms with Crippen LogP contribution < -0.4 is 20.4 Å². The Bertz CT molecular complexity index is 1560. The van der Waals surface area contributed by atoms with Crippen LogP contribution in [0, 0.1) is 0 Å². The zero-order valence-corrected chi connectivity index (χ0v) is 25.7. The number of rotatable bonds is 13. The Morgan fingerprint density at radius 1 is 1.00 bits per heavy atom. The van der Waals surface area contributed by atoms with E-state index in [9.17, 15) is 27.6 Å². The van der Waals surface area contributed by atoms with E-state index in [-0.39, 0.29) is 36.1 Å². The average molecular weight is 617 g/mol. The van der Waals surface area contributed by atoms with Crippen molar-refractivity contribution in [2.75, 3.05) is 13.2 Å². The largest absolute Gasteiger partial charge is 0.493 e. The number of alkyl halides is 3. The Kier molecular flexibility index (Phi) is 9.95. The third-order valence-electron chi connectivity index (χ3n) is 7.58. The summed E-state index contributed by atoms with van der Waals surface area (Å²) in [5.41, 5.74) is -1.73. The first-order chi connectivity index (χ1) is 20.8. The van der Waals surface area contributed by atoms with Gasteiger partial charge in [0.25, 0.3) is 5.91 Å². The van der Waals surface area contributed by atoms with E-state index in [4.69, 9.17) is 13.9 Å². The number of carbonyl (C=O) groups is 2. The normalized spacial score (nSPS) is 17.1. The highest BCUT2D eigenvalue weighted by Gasteiger charge is 2.48. The highest BCUT2D eigenvalue weighted by molar-refractivity contribution is 6.07. The first-order valence-electron chi connectivity index (χ1n) is 15.0. The van der Waals surface area contributed by atoms with Crippen molar-refractivity contribution in [2.24, 2.45) is 0 Å². The van der Waals surface area contributed by atoms with Gasteiger partial charge in [-0.15, -0.1) is 0 Å². The lowest BCUT2D eigenvalue weighted by molar-refractivity contribution is -0.136. The fourth-order valence-corrected chi connectivity index (χ4v) is 5.53. The molecule has 0 spiro atoms. The molecule has 1 atom stereocenters. The van der Waals surface area contributed by atoms with Crippen molar-refractivity contribution >= 4 is 22.9 Å². The summed E-state index contributed by atoms with van der Waals surface area (Å²) in [6, 6.07) is 8.47. The number of nitrogens with one attached hydrogen (secondary N) is 1. The van der Waals surface area contributed by atoms with Gasteiger partial charge in [0.1, 0.15) is 22.6 Å². The second-order valence-electron chi connectivity index (χ2n) is 11.5. The number of imide groups is 1. The monoisotopic (exact) mass is 616 g/mol. The van der Waals surface area contributed by atoms with Gasteiger partial charge in [0, 0.05) is 23.6 Å². The van der Waals surface area contributed by atoms with Gasteiger partial charge in [0.2, 0.25) is 0 Å². The molecule has 8 nitrogen and oxygen atoms in total. The SMILES string of the molecule is CCCc1cc2c(C(F)(F)F)cc(=O)oc2c(CCC)c1OCCCCN1C(=O)NC(C)(c2ccc(OC(C)C)cc2)C1=O. The summed E-state index contributed by atoms with van der Waals surface area (Å²) in [6.07, 6.45) is -1.69. The molecule has 2 aromatic carbocycles. The van der Waals surface area contributed by atoms with Crippen molar-refractivity contribution in [3.05, 3.63) is 69.1 Å². The molecule has 3 aromatic rings. The number of halogens is 3. The molecule has 0 radical (unpaired) electrons. The maximum absolute atomic E-state index is 13.8. The zero-order chi connectivity index (χ0) is 32.2. The van der Waals surface area contributed by atoms with Gasteiger partial charge >= 0.3 is 17.8 Å². The number of aryl methyl sites for hydroxylation is 2. The number of benzene rings is 2. The number of ether oxygens (including phenoxy) is 2. The van der Waals surface area contributed by atoms with Crippen LogP contribution in [-0.4, -0.2) is 36.1 Å². The molecule has 1 saturated heterocycles. The maximum atomic E-state index is 13.8. The van der Waals surface area contributed by atoms with Gasteiger partial charge in [-0.25, -0.2) is 9.59 Å². The molecule has 3 amide bonds. The molecular formula is C33H39F3N2O6. The molecule has 44 heavy (non-hydrogen) atoms. The minimum atomic E-state index is -4.72. The Morgan fingerprint density at radius 2 is 1.68 bits per heavy atom. The summed E-state index contributed by atoms with van der Waals surface area (Å²) in [5, 5.41) is 2.65. The molecule has 0 saturated carbocycles. The van der Waals surface area contributed by atoms with Crippen LogP contribution in [0.4, 0.5) is 18.0 Å². The molecule has 1 aliphatic heterocycles. The van der Waals surface area contributed by atoms with E-state index in [1.807, 2.05) is 27.7 Å². The molecule has 1 fully saturated rings. The van der Waals surface area contributed by atoms with Gasteiger partial charge < -0.3 is 19.2 Å². The number of fused-ring (bicyclic) bond motifs is 1. The minimum absolute atomic E-state index is 0.00404. The third kappa shape index (κ3) is 6.87. The molecule has 1 aliphatic rings. The smallest absolute Gasteiger partial charge is 0.417 e. The Morgan fingerprint density at radius 3 is 2.30 bits per heavy atom. The fourth-order valence-electron chi connectivity index (χ4n) is 5.53. The maximum Gasteiger partial charge on any atom is 0.417 e. The van der Waals surface area contributed by atoms with Gasteiger partial charge in [0.05, 0.1) is 18.3 Å². The quantitative estimate of drug-likeness (QED) is 0.125. The lowest BCUT2D eigenvalue weighted by Crippen LogP contribution is -2.41. The highest BCUT2D eigenvalue weighted by atomic mass is 19.4. The number of amides is 3. The summed E-state index contributed by atoms with van der Waals surface area (Å²) < 4.78 is 58.6. The van der Waals surface area contributed by atoms with Crippen molar-refractivity contribution in [3.8, 4) is 11.5 Å². The topological polar surface area (TPSA) is 98.1 Å². The summed E-state index contributed by atoms with van der Waals surface area (Å²) in [7, 11) is 0. The molecule has 1 unspecified atom stereocenters. The lowest BCUT2D eigenvalue weighted by atomic mass is 9.92. The Balaban J connectivity index is 1.47. The molecule has 238 valence electrons. The van der Waals surface area contributed by atoms with Crippen LogP contribution in [0.15, 0.2) is 45.6 Å². The summed E-state index contributed by atoms with van der Waals surface area (Å²) in [5.74, 6) is 0.733. The van der Waals surface area contributed by atoms with Crippen LogP contribution in [0.5, 0.6) is 11.5 Å². The van der Waals surface area contributed by atoms with Gasteiger partial charge in [-0.2, -0.15) is 13.2 Å². The second kappa shape index (κ2) is 13.3. The zero-order valence-electron chi connectivity index (χ0n) is 25.7. The number of hydrogen-bond acceptors (Lipinski definition) is 6. The summed E-state index contributed by atoms with van der Waals surface area (Å²) >= 11 is 0. The summed E-state index contributed by atoms with van der Waals surface area (Å²) in [6.45, 7) is 9.67. The van der Waals surface area contributed by atoms with E-state index in [1.165, 1.54) is 11.0 Å². The molecule has 0 aliphatic carbocycles. The number of urea groups is 1. The van der Waals surface area contributed by atoms with Gasteiger partial charge in [-0.1, -0.05) is 38.8 Å². The van der Waals surface area contributed by atoms with E-state index in [1.54, 1.807) is 31.2 Å². The van der Waals surface area contributed by atoms with E-state index >= 15 is 0 Å². The number of carbonyl (C=O) groups excluding carboxylic acids is 2. The summed E-state index contributed by atoms with van der Waals surface area (Å²) in [4.78, 5) is 39.4. The Hall–Kier alpha value is -4.02. The first kappa shape index (κ1) is 32.9. The minimum Gasteiger partial charge on any atom is -0.493 e. The average Bonchev–Trinajstić information content (AvgIpc) is 3.17. The van der Waals surface area contributed by atoms with Crippen LogP contribution in [0.1, 0.15) is 82.6 Å². The number of hydrogen-bond donors (Lipinski definition) is 1. The number of nitrogens with zero attached hydrogens (tertiary/aromatic N) is 1. The van der Waals surface area contributed by atoms with E-state index in [0.29, 0.717) is 72.8 Å². The van der Waals surface area contributed by atoms with Crippen LogP contribution in [0.2, 0.25) is 0 Å². The number of unbranched alkanes of at least 4 members (excludes halogenated alkanes) is 1. The van der Waals surface area contributed by atoms with E-state index in [2.05, 4.69) is 5.32 Å². The first-order valence-corrected chi connectivity index (χ1v) is 15.0. The van der Waals surface area contributed by atoms with Crippen molar-refractivity contribution in [2.45, 2.75) is 91.0 Å². The molecule has 1 N–H and O–H groups in total. The molecule has 2 heterocycles. The highest BCUT2D eigenvalue weighted by Crippen LogP contribution is 2.40. The molecule has 1 aromatic heterocycles. The standard InChI is InChI=1S/C33H39F3N2O6/c1-6-10-21-18-25-26(33(34,35)36)19-27(39)44-29(25)24(11-7-2)28(21)42-17-9-8-16-38-30(40)32(5,37-31(38)41)22-12-14-23(15-13-22)43-20(3)4/h12-15,18-20H,6-11,16-17H2,1-5H3,(H,37,41). The van der Waals surface area contributed by atoms with E-state index in [0.717, 1.165) is 0 Å². The predicted octanol–water partition coefficient (Wildman–Crippen LogP) is 7.13. The van der Waals surface area contributed by atoms with Gasteiger partial charge in [-0.3, -0.25) is 9.69 Å². The second-order valence-corrected chi connectivity index (χ2v) is 11.5. The fraction of sp³-hybridized carbons (Fsp3) is 0.485.